The molecule has 0 fully saturated rings. The van der Waals surface area contributed by atoms with E-state index in [9.17, 15) is 26.3 Å². The molecule has 11 heteroatoms. The highest BCUT2D eigenvalue weighted by Crippen LogP contribution is 2.32. The largest absolute Gasteiger partial charge is 0.416 e. The summed E-state index contributed by atoms with van der Waals surface area (Å²) in [6.45, 7) is 0.161. The summed E-state index contributed by atoms with van der Waals surface area (Å²) in [4.78, 5) is 7.21. The number of nitrogens with zero attached hydrogens (tertiary/aromatic N) is 3. The van der Waals surface area contributed by atoms with Gasteiger partial charge in [-0.15, -0.1) is 0 Å². The second kappa shape index (κ2) is 8.01. The van der Waals surface area contributed by atoms with Gasteiger partial charge in [0.15, 0.2) is 24.0 Å². The molecule has 0 bridgehead atoms. The lowest BCUT2D eigenvalue weighted by atomic mass is 10.1. The number of pyridine rings is 1. The molecule has 0 aliphatic carbocycles. The number of hydrogen-bond donors (Lipinski definition) is 1. The zero-order chi connectivity index (χ0) is 24.0. The SMILES string of the molecule is Fc1cc(C(F)(F)F)ccc1-c1cc(C[n+]2ccc3nc(-c4cccc(F)c4F)[nH]c3c2)on1. The number of halogens is 6. The number of aromatic nitrogens is 4. The number of alkyl halides is 3. The maximum absolute atomic E-state index is 14.2. The molecule has 3 aromatic heterocycles. The first-order valence-corrected chi connectivity index (χ1v) is 9.85. The summed E-state index contributed by atoms with van der Waals surface area (Å²) >= 11 is 0. The van der Waals surface area contributed by atoms with Crippen LogP contribution in [0.3, 0.4) is 0 Å². The van der Waals surface area contributed by atoms with Crippen molar-refractivity contribution in [1.29, 1.82) is 0 Å². The second-order valence-electron chi connectivity index (χ2n) is 7.47. The van der Waals surface area contributed by atoms with Crippen LogP contribution in [0.4, 0.5) is 26.3 Å². The van der Waals surface area contributed by atoms with Crippen LogP contribution < -0.4 is 4.57 Å². The van der Waals surface area contributed by atoms with Crippen molar-refractivity contribution >= 4 is 11.0 Å². The van der Waals surface area contributed by atoms with Gasteiger partial charge in [-0.3, -0.25) is 0 Å². The Labute approximate surface area is 187 Å². The molecule has 0 spiro atoms. The Morgan fingerprint density at radius 1 is 0.941 bits per heavy atom. The number of imidazole rings is 1. The third-order valence-electron chi connectivity index (χ3n) is 5.16. The van der Waals surface area contributed by atoms with E-state index in [1.54, 1.807) is 23.0 Å². The number of aromatic amines is 1. The van der Waals surface area contributed by atoms with E-state index in [0.29, 0.717) is 22.9 Å². The van der Waals surface area contributed by atoms with Crippen LogP contribution >= 0.6 is 0 Å². The van der Waals surface area contributed by atoms with E-state index in [-0.39, 0.29) is 29.2 Å². The van der Waals surface area contributed by atoms with Gasteiger partial charge in [-0.2, -0.15) is 17.7 Å². The summed E-state index contributed by atoms with van der Waals surface area (Å²) < 4.78 is 87.0. The lowest BCUT2D eigenvalue weighted by Crippen LogP contribution is -2.32. The topological polar surface area (TPSA) is 58.6 Å². The van der Waals surface area contributed by atoms with E-state index < -0.39 is 29.2 Å². The fourth-order valence-corrected chi connectivity index (χ4v) is 3.51. The first-order valence-electron chi connectivity index (χ1n) is 9.85. The van der Waals surface area contributed by atoms with Crippen LogP contribution in [0.1, 0.15) is 11.3 Å². The molecule has 2 aromatic carbocycles. The zero-order valence-corrected chi connectivity index (χ0v) is 17.0. The van der Waals surface area contributed by atoms with Crippen molar-refractivity contribution in [3.05, 3.63) is 89.7 Å². The van der Waals surface area contributed by atoms with Crippen LogP contribution in [0.5, 0.6) is 0 Å². The van der Waals surface area contributed by atoms with Crippen LogP contribution in [0, 0.1) is 17.5 Å². The van der Waals surface area contributed by atoms with Gasteiger partial charge in [0.1, 0.15) is 28.4 Å². The molecule has 0 amide bonds. The lowest BCUT2D eigenvalue weighted by Gasteiger charge is -2.07. The summed E-state index contributed by atoms with van der Waals surface area (Å²) in [5.41, 5.74) is -0.138. The maximum atomic E-state index is 14.2. The highest BCUT2D eigenvalue weighted by atomic mass is 19.4. The van der Waals surface area contributed by atoms with Crippen molar-refractivity contribution in [2.45, 2.75) is 12.7 Å². The van der Waals surface area contributed by atoms with Gasteiger partial charge in [0.2, 0.25) is 12.3 Å². The van der Waals surface area contributed by atoms with Crippen molar-refractivity contribution in [3.63, 3.8) is 0 Å². The predicted octanol–water partition coefficient (Wildman–Crippen LogP) is 5.66. The van der Waals surface area contributed by atoms with E-state index in [4.69, 9.17) is 4.52 Å². The third kappa shape index (κ3) is 4.00. The minimum atomic E-state index is -4.66. The molecule has 0 aliphatic rings. The van der Waals surface area contributed by atoms with Crippen LogP contribution in [-0.4, -0.2) is 15.1 Å². The normalized spacial score (nSPS) is 11.9. The first kappa shape index (κ1) is 21.7. The number of nitrogens with one attached hydrogen (secondary N) is 1. The standard InChI is InChI=1S/C23H12F6N4O/c24-16-3-1-2-15(21(16)26)22-30-18-6-7-33(11-20(18)31-22)10-13-9-19(32-34-13)14-5-4-12(8-17(14)25)23(27,28)29/h1-9,11H,10H2/p+1. The minimum Gasteiger partial charge on any atom is -0.354 e. The predicted molar refractivity (Wildman–Crippen MR) is 108 cm³/mol. The van der Waals surface area contributed by atoms with Crippen molar-refractivity contribution in [3.8, 4) is 22.6 Å². The Balaban J connectivity index is 1.40. The molecule has 0 saturated carbocycles. The number of hydrogen-bond acceptors (Lipinski definition) is 3. The summed E-state index contributed by atoms with van der Waals surface area (Å²) in [6.07, 6.45) is -1.34. The highest BCUT2D eigenvalue weighted by Gasteiger charge is 2.31. The number of rotatable bonds is 4. The van der Waals surface area contributed by atoms with E-state index in [1.165, 1.54) is 18.2 Å². The molecule has 3 heterocycles. The van der Waals surface area contributed by atoms with Gasteiger partial charge in [-0.05, 0) is 30.3 Å². The highest BCUT2D eigenvalue weighted by molar-refractivity contribution is 5.77. The molecule has 5 nitrogen and oxygen atoms in total. The molecule has 0 unspecified atom stereocenters. The van der Waals surface area contributed by atoms with E-state index in [1.807, 2.05) is 0 Å². The molecule has 0 atom stereocenters. The van der Waals surface area contributed by atoms with Crippen LogP contribution in [0.15, 0.2) is 65.4 Å². The molecule has 34 heavy (non-hydrogen) atoms. The van der Waals surface area contributed by atoms with E-state index >= 15 is 0 Å². The van der Waals surface area contributed by atoms with Crippen molar-refractivity contribution < 1.29 is 35.4 Å². The number of H-pyrrole nitrogens is 1. The fourth-order valence-electron chi connectivity index (χ4n) is 3.51. The van der Waals surface area contributed by atoms with Gasteiger partial charge >= 0.3 is 6.18 Å². The van der Waals surface area contributed by atoms with Crippen LogP contribution in [0.2, 0.25) is 0 Å². The summed E-state index contributed by atoms with van der Waals surface area (Å²) in [6, 6.07) is 9.04. The van der Waals surface area contributed by atoms with Crippen LogP contribution in [0.25, 0.3) is 33.7 Å². The fraction of sp³-hybridized carbons (Fsp3) is 0.0870. The average molecular weight is 475 g/mol. The lowest BCUT2D eigenvalue weighted by molar-refractivity contribution is -0.688. The molecular weight excluding hydrogens is 462 g/mol. The molecular formula is C23H13F6N4O+. The van der Waals surface area contributed by atoms with E-state index in [2.05, 4.69) is 15.1 Å². The Morgan fingerprint density at radius 2 is 1.76 bits per heavy atom. The van der Waals surface area contributed by atoms with E-state index in [0.717, 1.165) is 18.2 Å². The summed E-state index contributed by atoms with van der Waals surface area (Å²) in [5.74, 6) is -2.60. The van der Waals surface area contributed by atoms with Crippen molar-refractivity contribution in [2.24, 2.45) is 0 Å². The molecule has 5 rings (SSSR count). The number of benzene rings is 2. The Hall–Kier alpha value is -4.15. The average Bonchev–Trinajstić information content (AvgIpc) is 3.41. The summed E-state index contributed by atoms with van der Waals surface area (Å²) in [7, 11) is 0. The van der Waals surface area contributed by atoms with Crippen LogP contribution in [-0.2, 0) is 12.7 Å². The third-order valence-corrected chi connectivity index (χ3v) is 5.16. The molecule has 172 valence electrons. The quantitative estimate of drug-likeness (QED) is 0.270. The molecule has 5 aromatic rings. The smallest absolute Gasteiger partial charge is 0.354 e. The second-order valence-corrected chi connectivity index (χ2v) is 7.47. The Bertz CT molecular complexity index is 1520. The van der Waals surface area contributed by atoms with Gasteiger partial charge in [0.05, 0.1) is 11.1 Å². The Morgan fingerprint density at radius 3 is 2.53 bits per heavy atom. The van der Waals surface area contributed by atoms with Gasteiger partial charge in [0.25, 0.3) is 0 Å². The molecule has 1 N–H and O–H groups in total. The molecule has 0 aliphatic heterocycles. The molecule has 0 radical (unpaired) electrons. The Kier molecular flexibility index (Phi) is 5.11. The molecule has 0 saturated heterocycles. The zero-order valence-electron chi connectivity index (χ0n) is 17.0. The van der Waals surface area contributed by atoms with Crippen molar-refractivity contribution in [1.82, 2.24) is 15.1 Å². The monoisotopic (exact) mass is 475 g/mol. The minimum absolute atomic E-state index is 0.0128. The summed E-state index contributed by atoms with van der Waals surface area (Å²) in [5, 5.41) is 3.75. The van der Waals surface area contributed by atoms with Gasteiger partial charge in [0, 0.05) is 17.7 Å². The maximum Gasteiger partial charge on any atom is 0.416 e. The van der Waals surface area contributed by atoms with Gasteiger partial charge in [-0.25, -0.2) is 18.2 Å². The number of fused-ring (bicyclic) bond motifs is 1. The van der Waals surface area contributed by atoms with Crippen molar-refractivity contribution in [2.75, 3.05) is 0 Å². The van der Waals surface area contributed by atoms with Gasteiger partial charge < -0.3 is 9.51 Å². The first-order chi connectivity index (χ1) is 16.2. The van der Waals surface area contributed by atoms with Gasteiger partial charge in [-0.1, -0.05) is 11.2 Å².